The molecule has 0 saturated heterocycles. The lowest BCUT2D eigenvalue weighted by molar-refractivity contribution is 0.104. The Balaban J connectivity index is 2.20. The summed E-state index contributed by atoms with van der Waals surface area (Å²) in [5.74, 6) is 0.00278. The zero-order valence-electron chi connectivity index (χ0n) is 14.3. The molecule has 1 heterocycles. The summed E-state index contributed by atoms with van der Waals surface area (Å²) in [7, 11) is 1.86. The summed E-state index contributed by atoms with van der Waals surface area (Å²) in [4.78, 5) is 12.4. The number of benzene rings is 1. The maximum atomic E-state index is 12.4. The third kappa shape index (κ3) is 3.35. The van der Waals surface area contributed by atoms with Crippen LogP contribution in [0.3, 0.4) is 0 Å². The van der Waals surface area contributed by atoms with Crippen LogP contribution in [0.15, 0.2) is 30.3 Å². The second kappa shape index (κ2) is 5.91. The Morgan fingerprint density at radius 3 is 2.18 bits per heavy atom. The van der Waals surface area contributed by atoms with E-state index in [1.54, 1.807) is 10.8 Å². The summed E-state index contributed by atoms with van der Waals surface area (Å²) < 4.78 is 1.74. The second-order valence-corrected chi connectivity index (χ2v) is 6.74. The van der Waals surface area contributed by atoms with Crippen LogP contribution in [-0.4, -0.2) is 15.6 Å². The minimum Gasteiger partial charge on any atom is -0.289 e. The highest BCUT2D eigenvalue weighted by Crippen LogP contribution is 2.22. The summed E-state index contributed by atoms with van der Waals surface area (Å²) in [5, 5.41) is 4.29. The van der Waals surface area contributed by atoms with Crippen molar-refractivity contribution in [2.75, 3.05) is 0 Å². The fourth-order valence-corrected chi connectivity index (χ4v) is 2.48. The molecular formula is C19H24N2O. The number of hydrogen-bond acceptors (Lipinski definition) is 2. The van der Waals surface area contributed by atoms with Gasteiger partial charge in [-0.3, -0.25) is 9.48 Å². The van der Waals surface area contributed by atoms with Crippen LogP contribution >= 0.6 is 0 Å². The van der Waals surface area contributed by atoms with Gasteiger partial charge in [0.25, 0.3) is 0 Å². The summed E-state index contributed by atoms with van der Waals surface area (Å²) in [6.45, 7) is 10.4. The number of aromatic nitrogens is 2. The second-order valence-electron chi connectivity index (χ2n) is 6.74. The molecule has 0 amide bonds. The van der Waals surface area contributed by atoms with Gasteiger partial charge in [-0.1, -0.05) is 51.1 Å². The molecule has 0 bridgehead atoms. The lowest BCUT2D eigenvalue weighted by Crippen LogP contribution is -2.10. The number of ketones is 1. The van der Waals surface area contributed by atoms with Crippen LogP contribution in [0.2, 0.25) is 0 Å². The normalized spacial score (nSPS) is 12.1. The molecule has 0 spiro atoms. The van der Waals surface area contributed by atoms with Gasteiger partial charge in [0.1, 0.15) is 0 Å². The molecule has 1 aromatic carbocycles. The molecule has 0 radical (unpaired) electrons. The highest BCUT2D eigenvalue weighted by Gasteiger charge is 2.15. The van der Waals surface area contributed by atoms with Crippen molar-refractivity contribution in [2.24, 2.45) is 7.05 Å². The minimum atomic E-state index is 0.00278. The van der Waals surface area contributed by atoms with Crippen molar-refractivity contribution in [2.45, 2.75) is 40.0 Å². The first kappa shape index (κ1) is 16.2. The smallest absolute Gasteiger partial charge is 0.189 e. The van der Waals surface area contributed by atoms with Crippen molar-refractivity contribution in [3.8, 4) is 0 Å². The Morgan fingerprint density at radius 1 is 1.14 bits per heavy atom. The molecular weight excluding hydrogens is 272 g/mol. The van der Waals surface area contributed by atoms with Crippen LogP contribution in [-0.2, 0) is 12.5 Å². The van der Waals surface area contributed by atoms with E-state index in [4.69, 9.17) is 0 Å². The number of carbonyl (C=O) groups excluding carboxylic acids is 1. The third-order valence-electron chi connectivity index (χ3n) is 3.96. The standard InChI is InChI=1S/C19H24N2O/c1-13-18(14(2)21(6)20-13)17(22)12-9-15-7-10-16(11-8-15)19(3,4)5/h7-12H,1-6H3/b12-9+. The number of allylic oxidation sites excluding steroid dienone is 1. The number of rotatable bonds is 3. The highest BCUT2D eigenvalue weighted by atomic mass is 16.1. The number of hydrogen-bond donors (Lipinski definition) is 0. The molecule has 0 unspecified atom stereocenters. The average Bonchev–Trinajstić information content (AvgIpc) is 2.69. The van der Waals surface area contributed by atoms with Gasteiger partial charge in [-0.2, -0.15) is 5.10 Å². The van der Waals surface area contributed by atoms with Gasteiger partial charge < -0.3 is 0 Å². The Kier molecular flexibility index (Phi) is 4.36. The van der Waals surface area contributed by atoms with Gasteiger partial charge in [-0.25, -0.2) is 0 Å². The van der Waals surface area contributed by atoms with Gasteiger partial charge in [0, 0.05) is 12.7 Å². The molecule has 0 saturated carbocycles. The maximum Gasteiger partial charge on any atom is 0.189 e. The largest absolute Gasteiger partial charge is 0.289 e. The summed E-state index contributed by atoms with van der Waals surface area (Å²) in [6, 6.07) is 8.33. The fraction of sp³-hybridized carbons (Fsp3) is 0.368. The Bertz CT molecular complexity index is 713. The first-order chi connectivity index (χ1) is 10.2. The Hall–Kier alpha value is -2.16. The van der Waals surface area contributed by atoms with E-state index in [0.29, 0.717) is 5.56 Å². The van der Waals surface area contributed by atoms with Gasteiger partial charge in [-0.05, 0) is 36.5 Å². The number of nitrogens with zero attached hydrogens (tertiary/aromatic N) is 2. The molecule has 0 aliphatic carbocycles. The van der Waals surface area contributed by atoms with Crippen molar-refractivity contribution in [3.63, 3.8) is 0 Å². The molecule has 22 heavy (non-hydrogen) atoms. The van der Waals surface area contributed by atoms with E-state index in [0.717, 1.165) is 17.0 Å². The lowest BCUT2D eigenvalue weighted by atomic mass is 9.87. The van der Waals surface area contributed by atoms with Crippen molar-refractivity contribution < 1.29 is 4.79 Å². The van der Waals surface area contributed by atoms with E-state index in [-0.39, 0.29) is 11.2 Å². The van der Waals surface area contributed by atoms with Crippen molar-refractivity contribution in [3.05, 3.63) is 58.4 Å². The van der Waals surface area contributed by atoms with Crippen molar-refractivity contribution in [1.82, 2.24) is 9.78 Å². The molecule has 3 heteroatoms. The predicted molar refractivity (Wildman–Crippen MR) is 91.2 cm³/mol. The topological polar surface area (TPSA) is 34.9 Å². The molecule has 1 aromatic heterocycles. The zero-order valence-corrected chi connectivity index (χ0v) is 14.3. The van der Waals surface area contributed by atoms with E-state index < -0.39 is 0 Å². The van der Waals surface area contributed by atoms with E-state index >= 15 is 0 Å². The quantitative estimate of drug-likeness (QED) is 0.627. The molecule has 2 aromatic rings. The SMILES string of the molecule is Cc1nn(C)c(C)c1C(=O)/C=C/c1ccc(C(C)(C)C)cc1. The van der Waals surface area contributed by atoms with Crippen molar-refractivity contribution >= 4 is 11.9 Å². The van der Waals surface area contributed by atoms with Gasteiger partial charge in [0.15, 0.2) is 5.78 Å². The molecule has 0 fully saturated rings. The monoisotopic (exact) mass is 296 g/mol. The third-order valence-corrected chi connectivity index (χ3v) is 3.96. The van der Waals surface area contributed by atoms with Crippen LogP contribution < -0.4 is 0 Å². The molecule has 0 atom stereocenters. The van der Waals surface area contributed by atoms with Crippen LogP contribution in [0.5, 0.6) is 0 Å². The van der Waals surface area contributed by atoms with E-state index in [9.17, 15) is 4.79 Å². The highest BCUT2D eigenvalue weighted by molar-refractivity contribution is 6.08. The first-order valence-corrected chi connectivity index (χ1v) is 7.53. The van der Waals surface area contributed by atoms with Crippen molar-refractivity contribution in [1.29, 1.82) is 0 Å². The molecule has 2 rings (SSSR count). The Morgan fingerprint density at radius 2 is 1.73 bits per heavy atom. The fourth-order valence-electron chi connectivity index (χ4n) is 2.48. The molecule has 0 aliphatic heterocycles. The minimum absolute atomic E-state index is 0.00278. The van der Waals surface area contributed by atoms with E-state index in [2.05, 4.69) is 38.0 Å². The maximum absolute atomic E-state index is 12.4. The zero-order chi connectivity index (χ0) is 16.5. The molecule has 116 valence electrons. The van der Waals surface area contributed by atoms with Crippen LogP contribution in [0.25, 0.3) is 6.08 Å². The average molecular weight is 296 g/mol. The van der Waals surface area contributed by atoms with Gasteiger partial charge >= 0.3 is 0 Å². The van der Waals surface area contributed by atoms with Gasteiger partial charge in [0.05, 0.1) is 11.3 Å². The summed E-state index contributed by atoms with van der Waals surface area (Å²) in [6.07, 6.45) is 3.49. The van der Waals surface area contributed by atoms with Crippen LogP contribution in [0.1, 0.15) is 53.6 Å². The molecule has 0 N–H and O–H groups in total. The van der Waals surface area contributed by atoms with Gasteiger partial charge in [-0.15, -0.1) is 0 Å². The van der Waals surface area contributed by atoms with E-state index in [1.807, 2.05) is 39.1 Å². The Labute approximate surface area is 132 Å². The number of carbonyl (C=O) groups is 1. The first-order valence-electron chi connectivity index (χ1n) is 7.53. The van der Waals surface area contributed by atoms with Crippen LogP contribution in [0.4, 0.5) is 0 Å². The van der Waals surface area contributed by atoms with E-state index in [1.165, 1.54) is 5.56 Å². The summed E-state index contributed by atoms with van der Waals surface area (Å²) in [5.41, 5.74) is 4.83. The lowest BCUT2D eigenvalue weighted by Gasteiger charge is -2.18. The molecule has 0 aliphatic rings. The number of aryl methyl sites for hydroxylation is 2. The van der Waals surface area contributed by atoms with Gasteiger partial charge in [0.2, 0.25) is 0 Å². The predicted octanol–water partition coefficient (Wildman–Crippen LogP) is 4.23. The van der Waals surface area contributed by atoms with Crippen LogP contribution in [0, 0.1) is 13.8 Å². The molecule has 3 nitrogen and oxygen atoms in total. The summed E-state index contributed by atoms with van der Waals surface area (Å²) >= 11 is 0.